The molecule has 0 radical (unpaired) electrons. The molecule has 0 saturated heterocycles. The lowest BCUT2D eigenvalue weighted by Gasteiger charge is -2.16. The quantitative estimate of drug-likeness (QED) is 0.648. The van der Waals surface area contributed by atoms with Gasteiger partial charge >= 0.3 is 0 Å². The van der Waals surface area contributed by atoms with Crippen LogP contribution in [0.5, 0.6) is 0 Å². The lowest BCUT2D eigenvalue weighted by Crippen LogP contribution is -2.39. The molecule has 0 aliphatic carbocycles. The van der Waals surface area contributed by atoms with Gasteiger partial charge in [-0.1, -0.05) is 31.2 Å². The van der Waals surface area contributed by atoms with Crippen LogP contribution in [0, 0.1) is 13.8 Å². The molecule has 6 nitrogen and oxygen atoms in total. The molecule has 146 valence electrons. The normalized spacial score (nSPS) is 12.4. The molecule has 0 unspecified atom stereocenters. The van der Waals surface area contributed by atoms with Gasteiger partial charge < -0.3 is 10.6 Å². The van der Waals surface area contributed by atoms with Gasteiger partial charge in [-0.05, 0) is 56.6 Å². The van der Waals surface area contributed by atoms with Crippen molar-refractivity contribution >= 4 is 21.6 Å². The van der Waals surface area contributed by atoms with E-state index in [-0.39, 0.29) is 28.1 Å². The molecule has 0 fully saturated rings. The van der Waals surface area contributed by atoms with Crippen LogP contribution in [-0.2, 0) is 10.0 Å². The van der Waals surface area contributed by atoms with Crippen molar-refractivity contribution in [3.8, 4) is 0 Å². The molecular weight excluding hydrogens is 362 g/mol. The molecule has 1 atom stereocenters. The average molecular weight is 390 g/mol. The second-order valence-corrected chi connectivity index (χ2v) is 8.24. The zero-order valence-corrected chi connectivity index (χ0v) is 17.0. The van der Waals surface area contributed by atoms with Gasteiger partial charge in [0.1, 0.15) is 0 Å². The van der Waals surface area contributed by atoms with Crippen LogP contribution in [0.15, 0.2) is 47.4 Å². The molecule has 2 aromatic carbocycles. The number of hydrogen-bond donors (Lipinski definition) is 3. The van der Waals surface area contributed by atoms with Crippen LogP contribution < -0.4 is 15.4 Å². The zero-order valence-electron chi connectivity index (χ0n) is 16.2. The topological polar surface area (TPSA) is 87.3 Å². The first-order chi connectivity index (χ1) is 12.7. The molecule has 3 N–H and O–H groups in total. The fourth-order valence-corrected chi connectivity index (χ4v) is 4.14. The molecule has 0 aliphatic rings. The van der Waals surface area contributed by atoms with E-state index in [0.717, 1.165) is 12.1 Å². The van der Waals surface area contributed by atoms with Crippen molar-refractivity contribution in [2.24, 2.45) is 0 Å². The lowest BCUT2D eigenvalue weighted by molar-refractivity contribution is 0.0951. The Morgan fingerprint density at radius 1 is 1.11 bits per heavy atom. The van der Waals surface area contributed by atoms with E-state index in [1.165, 1.54) is 0 Å². The van der Waals surface area contributed by atoms with Gasteiger partial charge in [0.05, 0.1) is 16.1 Å². The van der Waals surface area contributed by atoms with Crippen LogP contribution in [0.4, 0.5) is 5.69 Å². The maximum Gasteiger partial charge on any atom is 0.262 e. The van der Waals surface area contributed by atoms with Crippen molar-refractivity contribution in [2.75, 3.05) is 17.8 Å². The third kappa shape index (κ3) is 5.55. The average Bonchev–Trinajstić information content (AvgIpc) is 2.62. The Hall–Kier alpha value is -2.38. The highest BCUT2D eigenvalue weighted by Gasteiger charge is 2.20. The van der Waals surface area contributed by atoms with E-state index in [4.69, 9.17) is 0 Å². The number of amides is 1. The van der Waals surface area contributed by atoms with E-state index < -0.39 is 10.0 Å². The van der Waals surface area contributed by atoms with Gasteiger partial charge in [0, 0.05) is 12.6 Å². The van der Waals surface area contributed by atoms with Crippen LogP contribution >= 0.6 is 0 Å². The van der Waals surface area contributed by atoms with Crippen LogP contribution in [0.25, 0.3) is 0 Å². The Bertz CT molecular complexity index is 910. The molecule has 0 aromatic heterocycles. The Kier molecular flexibility index (Phi) is 6.98. The van der Waals surface area contributed by atoms with Crippen molar-refractivity contribution < 1.29 is 13.2 Å². The predicted octanol–water partition coefficient (Wildman–Crippen LogP) is 2.83. The lowest BCUT2D eigenvalue weighted by atomic mass is 10.1. The number of hydrogen-bond acceptors (Lipinski definition) is 4. The van der Waals surface area contributed by atoms with Crippen molar-refractivity contribution in [1.29, 1.82) is 0 Å². The minimum absolute atomic E-state index is 0.123. The summed E-state index contributed by atoms with van der Waals surface area (Å²) in [5, 5.41) is 6.05. The van der Waals surface area contributed by atoms with Gasteiger partial charge in [-0.2, -0.15) is 0 Å². The van der Waals surface area contributed by atoms with Gasteiger partial charge in [-0.15, -0.1) is 0 Å². The minimum Gasteiger partial charge on any atom is -0.350 e. The number of likely N-dealkylation sites (N-methyl/N-ethyl adjacent to an activating group) is 1. The molecule has 2 aromatic rings. The number of carbonyl (C=O) groups is 1. The molecule has 1 amide bonds. The van der Waals surface area contributed by atoms with Gasteiger partial charge in [0.15, 0.2) is 0 Å². The highest BCUT2D eigenvalue weighted by Crippen LogP contribution is 2.23. The van der Waals surface area contributed by atoms with Crippen molar-refractivity contribution in [2.45, 2.75) is 38.6 Å². The first kappa shape index (κ1) is 20.9. The molecule has 0 aliphatic heterocycles. The van der Waals surface area contributed by atoms with Crippen LogP contribution in [0.1, 0.15) is 35.3 Å². The van der Waals surface area contributed by atoms with E-state index in [0.29, 0.717) is 12.1 Å². The number of carbonyl (C=O) groups excluding carboxylic acids is 1. The summed E-state index contributed by atoms with van der Waals surface area (Å²) in [7, 11) is -3.80. The van der Waals surface area contributed by atoms with Crippen LogP contribution in [0.3, 0.4) is 0 Å². The number of benzene rings is 2. The number of rotatable bonds is 8. The van der Waals surface area contributed by atoms with E-state index in [2.05, 4.69) is 15.4 Å². The van der Waals surface area contributed by atoms with Gasteiger partial charge in [0.25, 0.3) is 15.9 Å². The maximum atomic E-state index is 12.8. The second-order valence-electron chi connectivity index (χ2n) is 6.59. The summed E-state index contributed by atoms with van der Waals surface area (Å²) >= 11 is 0. The summed E-state index contributed by atoms with van der Waals surface area (Å²) in [5.41, 5.74) is 2.04. The van der Waals surface area contributed by atoms with E-state index in [1.54, 1.807) is 43.3 Å². The Morgan fingerprint density at radius 2 is 1.81 bits per heavy atom. The monoisotopic (exact) mass is 389 g/mol. The summed E-state index contributed by atoms with van der Waals surface area (Å²) in [5.74, 6) is -0.320. The third-order valence-corrected chi connectivity index (χ3v) is 5.68. The number of para-hydroxylation sites is 1. The summed E-state index contributed by atoms with van der Waals surface area (Å²) in [6, 6.07) is 12.0. The minimum atomic E-state index is -3.80. The van der Waals surface area contributed by atoms with Crippen molar-refractivity contribution in [3.63, 3.8) is 0 Å². The first-order valence-electron chi connectivity index (χ1n) is 8.95. The standard InChI is InChI=1S/C20H27N3O3S/c1-5-21-16(4)13-22-20(24)17-8-6-7-9-18(17)23-27(25,26)19-12-14(2)10-11-15(19)3/h6-12,16,21,23H,5,13H2,1-4H3,(H,22,24)/t16-/m1/s1. The predicted molar refractivity (Wildman–Crippen MR) is 109 cm³/mol. The van der Waals surface area contributed by atoms with E-state index in [9.17, 15) is 13.2 Å². The highest BCUT2D eigenvalue weighted by atomic mass is 32.2. The molecule has 7 heteroatoms. The second kappa shape index (κ2) is 9.01. The first-order valence-corrected chi connectivity index (χ1v) is 10.4. The molecule has 0 spiro atoms. The summed E-state index contributed by atoms with van der Waals surface area (Å²) in [4.78, 5) is 12.8. The van der Waals surface area contributed by atoms with E-state index in [1.807, 2.05) is 26.8 Å². The van der Waals surface area contributed by atoms with Crippen molar-refractivity contribution in [3.05, 3.63) is 59.2 Å². The van der Waals surface area contributed by atoms with Gasteiger partial charge in [-0.25, -0.2) is 8.42 Å². The Labute approximate surface area is 161 Å². The number of nitrogens with one attached hydrogen (secondary N) is 3. The number of anilines is 1. The Balaban J connectivity index is 2.25. The number of sulfonamides is 1. The van der Waals surface area contributed by atoms with Crippen molar-refractivity contribution in [1.82, 2.24) is 10.6 Å². The largest absolute Gasteiger partial charge is 0.350 e. The summed E-state index contributed by atoms with van der Waals surface area (Å²) in [6.07, 6.45) is 0. The van der Waals surface area contributed by atoms with Gasteiger partial charge in [-0.3, -0.25) is 9.52 Å². The Morgan fingerprint density at radius 3 is 2.52 bits per heavy atom. The molecule has 0 heterocycles. The van der Waals surface area contributed by atoms with E-state index >= 15 is 0 Å². The maximum absolute atomic E-state index is 12.8. The number of aryl methyl sites for hydroxylation is 2. The summed E-state index contributed by atoms with van der Waals surface area (Å²) < 4.78 is 28.3. The fourth-order valence-electron chi connectivity index (χ4n) is 2.73. The van der Waals surface area contributed by atoms with Crippen LogP contribution in [0.2, 0.25) is 0 Å². The fraction of sp³-hybridized carbons (Fsp3) is 0.350. The molecular formula is C20H27N3O3S. The molecule has 2 rings (SSSR count). The third-order valence-electron chi connectivity index (χ3n) is 4.17. The zero-order chi connectivity index (χ0) is 20.0. The summed E-state index contributed by atoms with van der Waals surface area (Å²) in [6.45, 7) is 8.81. The highest BCUT2D eigenvalue weighted by molar-refractivity contribution is 7.92. The molecule has 27 heavy (non-hydrogen) atoms. The molecule has 0 saturated carbocycles. The smallest absolute Gasteiger partial charge is 0.262 e. The van der Waals surface area contributed by atoms with Gasteiger partial charge in [0.2, 0.25) is 0 Å². The molecule has 0 bridgehead atoms. The SMILES string of the molecule is CCN[C@H](C)CNC(=O)c1ccccc1NS(=O)(=O)c1cc(C)ccc1C. The van der Waals surface area contributed by atoms with Crippen LogP contribution in [-0.4, -0.2) is 33.5 Å².